The second kappa shape index (κ2) is 4.79. The molecule has 6 nitrogen and oxygen atoms in total. The fourth-order valence-corrected chi connectivity index (χ4v) is 2.45. The zero-order valence-electron chi connectivity index (χ0n) is 11.0. The van der Waals surface area contributed by atoms with E-state index in [4.69, 9.17) is 4.74 Å². The first-order valence-corrected chi connectivity index (χ1v) is 6.48. The topological polar surface area (TPSA) is 62.9 Å². The average Bonchev–Trinajstić information content (AvgIpc) is 2.86. The van der Waals surface area contributed by atoms with Crippen LogP contribution in [0.3, 0.4) is 0 Å². The number of nitrogens with zero attached hydrogens (tertiary/aromatic N) is 4. The summed E-state index contributed by atoms with van der Waals surface area (Å²) in [5.74, 6) is 0.841. The van der Waals surface area contributed by atoms with Crippen molar-refractivity contribution in [1.29, 1.82) is 0 Å². The number of rotatable bonds is 3. The minimum atomic E-state index is -0.680. The Morgan fingerprint density at radius 2 is 2.21 bits per heavy atom. The highest BCUT2D eigenvalue weighted by molar-refractivity contribution is 5.47. The van der Waals surface area contributed by atoms with Crippen LogP contribution < -0.4 is 4.90 Å². The van der Waals surface area contributed by atoms with Crippen LogP contribution in [-0.4, -0.2) is 52.1 Å². The van der Waals surface area contributed by atoms with Gasteiger partial charge in [-0.15, -0.1) is 0 Å². The van der Waals surface area contributed by atoms with Crippen molar-refractivity contribution in [2.75, 3.05) is 31.7 Å². The van der Waals surface area contributed by atoms with Gasteiger partial charge in [-0.3, -0.25) is 0 Å². The highest BCUT2D eigenvalue weighted by Gasteiger charge is 2.31. The molecule has 6 heteroatoms. The van der Waals surface area contributed by atoms with Crippen LogP contribution in [-0.2, 0) is 4.74 Å². The lowest BCUT2D eigenvalue weighted by Gasteiger charge is -2.35. The monoisotopic (exact) mass is 262 g/mol. The molecule has 1 aliphatic heterocycles. The third-order valence-corrected chi connectivity index (χ3v) is 3.59. The molecule has 3 rings (SSSR count). The number of anilines is 1. The number of ether oxygens (including phenoxy) is 1. The van der Waals surface area contributed by atoms with Crippen molar-refractivity contribution in [3.63, 3.8) is 0 Å². The van der Waals surface area contributed by atoms with Gasteiger partial charge in [-0.1, -0.05) is 0 Å². The Morgan fingerprint density at radius 1 is 1.42 bits per heavy atom. The quantitative estimate of drug-likeness (QED) is 0.882. The Kier molecular flexibility index (Phi) is 3.12. The summed E-state index contributed by atoms with van der Waals surface area (Å²) in [5, 5.41) is 14.6. The maximum absolute atomic E-state index is 10.5. The lowest BCUT2D eigenvalue weighted by molar-refractivity contribution is -0.0573. The molecule has 0 radical (unpaired) electrons. The van der Waals surface area contributed by atoms with Crippen LogP contribution in [0.15, 0.2) is 24.5 Å². The molecule has 2 aromatic heterocycles. The Hall–Kier alpha value is -1.66. The van der Waals surface area contributed by atoms with Gasteiger partial charge in [0.05, 0.1) is 11.8 Å². The van der Waals surface area contributed by atoms with Crippen LogP contribution in [0, 0.1) is 0 Å². The van der Waals surface area contributed by atoms with Crippen LogP contribution in [0.2, 0.25) is 0 Å². The summed E-state index contributed by atoms with van der Waals surface area (Å²) in [6.07, 6.45) is 4.94. The molecule has 0 amide bonds. The molecule has 0 atom stereocenters. The zero-order chi connectivity index (χ0) is 13.3. The lowest BCUT2D eigenvalue weighted by atomic mass is 9.94. The SMILES string of the molecule is CN(CC1(O)CCOCC1)c1ccn2nccc2n1. The maximum Gasteiger partial charge on any atom is 0.157 e. The van der Waals surface area contributed by atoms with Gasteiger partial charge < -0.3 is 14.7 Å². The summed E-state index contributed by atoms with van der Waals surface area (Å²) in [7, 11) is 1.95. The fraction of sp³-hybridized carbons (Fsp3) is 0.538. The predicted molar refractivity (Wildman–Crippen MR) is 71.3 cm³/mol. The summed E-state index contributed by atoms with van der Waals surface area (Å²) < 4.78 is 7.02. The second-order valence-electron chi connectivity index (χ2n) is 5.11. The maximum atomic E-state index is 10.5. The predicted octanol–water partition coefficient (Wildman–Crippen LogP) is 0.707. The third kappa shape index (κ3) is 2.54. The smallest absolute Gasteiger partial charge is 0.157 e. The van der Waals surface area contributed by atoms with Crippen molar-refractivity contribution in [3.05, 3.63) is 24.5 Å². The molecule has 3 heterocycles. The van der Waals surface area contributed by atoms with E-state index in [-0.39, 0.29) is 0 Å². The highest BCUT2D eigenvalue weighted by atomic mass is 16.5. The van der Waals surface area contributed by atoms with Gasteiger partial charge in [0.1, 0.15) is 5.82 Å². The van der Waals surface area contributed by atoms with Crippen LogP contribution in [0.1, 0.15) is 12.8 Å². The van der Waals surface area contributed by atoms with Crippen LogP contribution in [0.25, 0.3) is 5.65 Å². The van der Waals surface area contributed by atoms with Gasteiger partial charge in [0.15, 0.2) is 5.65 Å². The van der Waals surface area contributed by atoms with Gasteiger partial charge in [-0.2, -0.15) is 5.10 Å². The van der Waals surface area contributed by atoms with Gasteiger partial charge in [-0.05, 0) is 6.07 Å². The summed E-state index contributed by atoms with van der Waals surface area (Å²) in [4.78, 5) is 6.50. The molecule has 1 saturated heterocycles. The van der Waals surface area contributed by atoms with Crippen molar-refractivity contribution in [2.45, 2.75) is 18.4 Å². The van der Waals surface area contributed by atoms with E-state index >= 15 is 0 Å². The Bertz CT molecular complexity index is 563. The summed E-state index contributed by atoms with van der Waals surface area (Å²) in [5.41, 5.74) is 0.129. The summed E-state index contributed by atoms with van der Waals surface area (Å²) in [6, 6.07) is 3.77. The number of hydrogen-bond donors (Lipinski definition) is 1. The molecule has 1 N–H and O–H groups in total. The molecule has 0 bridgehead atoms. The number of likely N-dealkylation sites (N-methyl/N-ethyl adjacent to an activating group) is 1. The molecule has 19 heavy (non-hydrogen) atoms. The average molecular weight is 262 g/mol. The van der Waals surface area contributed by atoms with E-state index in [0.717, 1.165) is 11.5 Å². The van der Waals surface area contributed by atoms with Crippen molar-refractivity contribution in [2.24, 2.45) is 0 Å². The van der Waals surface area contributed by atoms with Crippen LogP contribution in [0.5, 0.6) is 0 Å². The number of aliphatic hydroxyl groups is 1. The van der Waals surface area contributed by atoms with Crippen molar-refractivity contribution >= 4 is 11.5 Å². The number of fused-ring (bicyclic) bond motifs is 1. The lowest BCUT2D eigenvalue weighted by Crippen LogP contribution is -2.46. The normalized spacial score (nSPS) is 18.6. The standard InChI is InChI=1S/C13H18N4O2/c1-16(10-13(18)4-8-19-9-5-13)11-3-7-17-12(15-11)2-6-14-17/h2-3,6-7,18H,4-5,8-10H2,1H3. The van der Waals surface area contributed by atoms with E-state index in [1.54, 1.807) is 10.7 Å². The van der Waals surface area contributed by atoms with Crippen LogP contribution >= 0.6 is 0 Å². The Morgan fingerprint density at radius 3 is 3.00 bits per heavy atom. The van der Waals surface area contributed by atoms with Gasteiger partial charge in [0.2, 0.25) is 0 Å². The number of hydrogen-bond acceptors (Lipinski definition) is 5. The van der Waals surface area contributed by atoms with Gasteiger partial charge in [-0.25, -0.2) is 9.50 Å². The van der Waals surface area contributed by atoms with Crippen LogP contribution in [0.4, 0.5) is 5.82 Å². The zero-order valence-corrected chi connectivity index (χ0v) is 11.0. The second-order valence-corrected chi connectivity index (χ2v) is 5.11. The largest absolute Gasteiger partial charge is 0.388 e. The molecular formula is C13H18N4O2. The molecule has 1 aliphatic rings. The highest BCUT2D eigenvalue weighted by Crippen LogP contribution is 2.23. The molecule has 0 spiro atoms. The molecular weight excluding hydrogens is 244 g/mol. The molecule has 0 saturated carbocycles. The first kappa shape index (κ1) is 12.4. The Labute approximate surface area is 111 Å². The Balaban J connectivity index is 1.77. The van der Waals surface area contributed by atoms with Crippen molar-refractivity contribution in [3.8, 4) is 0 Å². The van der Waals surface area contributed by atoms with Crippen molar-refractivity contribution < 1.29 is 9.84 Å². The van der Waals surface area contributed by atoms with Crippen molar-refractivity contribution in [1.82, 2.24) is 14.6 Å². The van der Waals surface area contributed by atoms with Gasteiger partial charge >= 0.3 is 0 Å². The number of aromatic nitrogens is 3. The molecule has 0 unspecified atom stereocenters. The summed E-state index contributed by atoms with van der Waals surface area (Å²) >= 11 is 0. The summed E-state index contributed by atoms with van der Waals surface area (Å²) in [6.45, 7) is 1.81. The molecule has 102 valence electrons. The van der Waals surface area contributed by atoms with E-state index in [1.807, 2.05) is 30.3 Å². The first-order valence-electron chi connectivity index (χ1n) is 6.48. The minimum Gasteiger partial charge on any atom is -0.388 e. The van der Waals surface area contributed by atoms with E-state index in [1.165, 1.54) is 0 Å². The van der Waals surface area contributed by atoms with E-state index in [9.17, 15) is 5.11 Å². The molecule has 0 aliphatic carbocycles. The molecule has 1 fully saturated rings. The third-order valence-electron chi connectivity index (χ3n) is 3.59. The minimum absolute atomic E-state index is 0.563. The van der Waals surface area contributed by atoms with Gasteiger partial charge in [0.25, 0.3) is 0 Å². The van der Waals surface area contributed by atoms with E-state index in [0.29, 0.717) is 32.6 Å². The fourth-order valence-electron chi connectivity index (χ4n) is 2.45. The first-order chi connectivity index (χ1) is 9.16. The molecule has 2 aromatic rings. The van der Waals surface area contributed by atoms with E-state index < -0.39 is 5.60 Å². The molecule has 0 aromatic carbocycles. The van der Waals surface area contributed by atoms with Gasteiger partial charge in [0, 0.05) is 51.9 Å². The van der Waals surface area contributed by atoms with E-state index in [2.05, 4.69) is 10.1 Å².